The summed E-state index contributed by atoms with van der Waals surface area (Å²) >= 11 is 0. The van der Waals surface area contributed by atoms with Gasteiger partial charge in [0.05, 0.1) is 5.57 Å². The van der Waals surface area contributed by atoms with E-state index in [0.29, 0.717) is 16.7 Å². The van der Waals surface area contributed by atoms with Crippen molar-refractivity contribution in [2.75, 3.05) is 29.6 Å². The van der Waals surface area contributed by atoms with Crippen molar-refractivity contribution in [2.45, 2.75) is 0 Å². The van der Waals surface area contributed by atoms with Crippen molar-refractivity contribution in [3.05, 3.63) is 60.2 Å². The number of anilines is 3. The molecule has 26 heavy (non-hydrogen) atoms. The average molecular weight is 347 g/mol. The van der Waals surface area contributed by atoms with Crippen LogP contribution in [0.4, 0.5) is 17.3 Å². The number of hydrogen-bond donors (Lipinski definition) is 2. The van der Waals surface area contributed by atoms with Crippen LogP contribution in [0.15, 0.2) is 59.0 Å². The molecule has 1 aromatic heterocycles. The number of furan rings is 1. The van der Waals surface area contributed by atoms with Crippen molar-refractivity contribution >= 4 is 45.6 Å². The molecule has 130 valence electrons. The summed E-state index contributed by atoms with van der Waals surface area (Å²) in [6.45, 7) is 0. The molecule has 0 bridgehead atoms. The van der Waals surface area contributed by atoms with Crippen molar-refractivity contribution in [3.8, 4) is 0 Å². The summed E-state index contributed by atoms with van der Waals surface area (Å²) in [4.78, 5) is 26.4. The van der Waals surface area contributed by atoms with Gasteiger partial charge in [-0.2, -0.15) is 0 Å². The Bertz CT molecular complexity index is 1050. The fraction of sp³-hybridized carbons (Fsp3) is 0.100. The molecule has 4 rings (SSSR count). The highest BCUT2D eigenvalue weighted by atomic mass is 16.4. The molecule has 6 heteroatoms. The molecule has 2 N–H and O–H groups in total. The summed E-state index contributed by atoms with van der Waals surface area (Å²) < 4.78 is 5.83. The first kappa shape index (κ1) is 16.0. The molecule has 1 aliphatic rings. The van der Waals surface area contributed by atoms with Crippen LogP contribution in [0.5, 0.6) is 0 Å². The highest BCUT2D eigenvalue weighted by molar-refractivity contribution is 6.43. The number of hydrogen-bond acceptors (Lipinski definition) is 5. The van der Waals surface area contributed by atoms with Crippen molar-refractivity contribution in [1.29, 1.82) is 0 Å². The van der Waals surface area contributed by atoms with E-state index in [1.807, 2.05) is 44.4 Å². The van der Waals surface area contributed by atoms with E-state index in [1.165, 1.54) is 6.08 Å². The molecule has 0 spiro atoms. The Balaban J connectivity index is 1.77. The highest BCUT2D eigenvalue weighted by Gasteiger charge is 2.35. The van der Waals surface area contributed by atoms with E-state index in [0.717, 1.165) is 21.7 Å². The number of nitrogens with one attached hydrogen (secondary N) is 2. The monoisotopic (exact) mass is 347 g/mol. The number of carbonyl (C=O) groups is 2. The lowest BCUT2D eigenvalue weighted by Gasteiger charge is -2.10. The molecule has 0 atom stereocenters. The normalized spacial score (nSPS) is 14.1. The van der Waals surface area contributed by atoms with Gasteiger partial charge in [0.15, 0.2) is 0 Å². The minimum absolute atomic E-state index is 0.210. The van der Waals surface area contributed by atoms with E-state index in [4.69, 9.17) is 4.42 Å². The average Bonchev–Trinajstić information content (AvgIpc) is 3.21. The summed E-state index contributed by atoms with van der Waals surface area (Å²) in [6, 6.07) is 14.6. The van der Waals surface area contributed by atoms with Gasteiger partial charge in [-0.3, -0.25) is 9.59 Å². The Morgan fingerprint density at radius 2 is 1.73 bits per heavy atom. The van der Waals surface area contributed by atoms with Crippen molar-refractivity contribution in [3.63, 3.8) is 0 Å². The summed E-state index contributed by atoms with van der Waals surface area (Å²) in [5.74, 6) is -0.588. The van der Waals surface area contributed by atoms with Gasteiger partial charge in [-0.25, -0.2) is 4.90 Å². The van der Waals surface area contributed by atoms with Gasteiger partial charge in [0, 0.05) is 49.1 Å². The minimum Gasteiger partial charge on any atom is -0.439 e. The minimum atomic E-state index is -0.409. The van der Waals surface area contributed by atoms with Crippen LogP contribution in [0.25, 0.3) is 16.5 Å². The van der Waals surface area contributed by atoms with Gasteiger partial charge in [0.25, 0.3) is 11.8 Å². The zero-order valence-corrected chi connectivity index (χ0v) is 14.4. The van der Waals surface area contributed by atoms with Crippen LogP contribution in [-0.2, 0) is 9.59 Å². The van der Waals surface area contributed by atoms with E-state index < -0.39 is 5.91 Å². The third kappa shape index (κ3) is 2.43. The fourth-order valence-electron chi connectivity index (χ4n) is 3.09. The third-order valence-corrected chi connectivity index (χ3v) is 4.41. The lowest BCUT2D eigenvalue weighted by molar-refractivity contribution is -0.119. The zero-order valence-electron chi connectivity index (χ0n) is 14.4. The number of carbonyl (C=O) groups excluding carboxylic acids is 2. The lowest BCUT2D eigenvalue weighted by Crippen LogP contribution is -2.30. The second-order valence-corrected chi connectivity index (χ2v) is 5.92. The number of nitrogens with zero attached hydrogens (tertiary/aromatic N) is 1. The summed E-state index contributed by atoms with van der Waals surface area (Å²) in [5, 5.41) is 6.97. The van der Waals surface area contributed by atoms with Gasteiger partial charge in [-0.1, -0.05) is 30.3 Å². The predicted octanol–water partition coefficient (Wildman–Crippen LogP) is 3.47. The van der Waals surface area contributed by atoms with Crippen LogP contribution >= 0.6 is 0 Å². The van der Waals surface area contributed by atoms with Gasteiger partial charge in [-0.15, -0.1) is 0 Å². The van der Waals surface area contributed by atoms with Gasteiger partial charge in [0.1, 0.15) is 5.58 Å². The highest BCUT2D eigenvalue weighted by Crippen LogP contribution is 2.36. The smallest absolute Gasteiger partial charge is 0.268 e. The first-order chi connectivity index (χ1) is 12.6. The predicted molar refractivity (Wildman–Crippen MR) is 102 cm³/mol. The molecule has 0 fully saturated rings. The molecule has 0 saturated carbocycles. The summed E-state index contributed by atoms with van der Waals surface area (Å²) in [7, 11) is 3.62. The molecule has 2 aromatic carbocycles. The Labute approximate surface area is 150 Å². The first-order valence-corrected chi connectivity index (χ1v) is 8.21. The zero-order chi connectivity index (χ0) is 18.3. The maximum Gasteiger partial charge on any atom is 0.268 e. The fourth-order valence-corrected chi connectivity index (χ4v) is 3.09. The maximum atomic E-state index is 12.8. The number of fused-ring (bicyclic) bond motifs is 1. The second-order valence-electron chi connectivity index (χ2n) is 5.92. The van der Waals surface area contributed by atoms with E-state index >= 15 is 0 Å². The molecule has 0 aliphatic carbocycles. The lowest BCUT2D eigenvalue weighted by atomic mass is 10.1. The van der Waals surface area contributed by atoms with Gasteiger partial charge < -0.3 is 15.1 Å². The summed E-state index contributed by atoms with van der Waals surface area (Å²) in [6.07, 6.45) is 1.35. The SMILES string of the molecule is CNc1cc(NC)c2cc(N3C(=O)C=C(c4ccccc4)C3=O)oc2c1. The van der Waals surface area contributed by atoms with Crippen molar-refractivity contribution in [1.82, 2.24) is 0 Å². The number of imide groups is 1. The van der Waals surface area contributed by atoms with Crippen LogP contribution in [0.1, 0.15) is 5.56 Å². The second kappa shape index (κ2) is 6.07. The molecule has 2 heterocycles. The quantitative estimate of drug-likeness (QED) is 0.707. The molecule has 3 aromatic rings. The molecule has 6 nitrogen and oxygen atoms in total. The van der Waals surface area contributed by atoms with E-state index in [2.05, 4.69) is 10.6 Å². The van der Waals surface area contributed by atoms with Crippen molar-refractivity contribution in [2.24, 2.45) is 0 Å². The van der Waals surface area contributed by atoms with E-state index in [1.54, 1.807) is 18.2 Å². The van der Waals surface area contributed by atoms with Crippen LogP contribution in [-0.4, -0.2) is 25.9 Å². The van der Waals surface area contributed by atoms with Gasteiger partial charge >= 0.3 is 0 Å². The van der Waals surface area contributed by atoms with Crippen LogP contribution in [0.2, 0.25) is 0 Å². The molecule has 2 amide bonds. The maximum absolute atomic E-state index is 12.8. The van der Waals surface area contributed by atoms with Gasteiger partial charge in [0.2, 0.25) is 5.88 Å². The Kier molecular flexibility index (Phi) is 3.73. The van der Waals surface area contributed by atoms with E-state index in [-0.39, 0.29) is 11.8 Å². The molecule has 0 saturated heterocycles. The number of amides is 2. The molecular weight excluding hydrogens is 330 g/mol. The van der Waals surface area contributed by atoms with Crippen LogP contribution in [0, 0.1) is 0 Å². The number of benzene rings is 2. The molecular formula is C20H17N3O3. The third-order valence-electron chi connectivity index (χ3n) is 4.41. The Morgan fingerprint density at radius 3 is 2.42 bits per heavy atom. The Hall–Kier alpha value is -3.54. The van der Waals surface area contributed by atoms with Crippen LogP contribution < -0.4 is 15.5 Å². The topological polar surface area (TPSA) is 74.6 Å². The Morgan fingerprint density at radius 1 is 0.962 bits per heavy atom. The standard InChI is InChI=1S/C20H17N3O3/c1-21-13-8-16(22-2)15-11-19(26-17(15)9-13)23-18(24)10-14(20(23)25)12-6-4-3-5-7-12/h3-11,21-22H,1-2H3. The number of rotatable bonds is 4. The van der Waals surface area contributed by atoms with Gasteiger partial charge in [-0.05, 0) is 11.6 Å². The molecule has 0 unspecified atom stereocenters. The molecule has 0 radical (unpaired) electrons. The first-order valence-electron chi connectivity index (χ1n) is 8.21. The van der Waals surface area contributed by atoms with E-state index in [9.17, 15) is 9.59 Å². The summed E-state index contributed by atoms with van der Waals surface area (Å²) in [5.41, 5.74) is 3.37. The largest absolute Gasteiger partial charge is 0.439 e. The molecule has 1 aliphatic heterocycles. The van der Waals surface area contributed by atoms with Crippen LogP contribution in [0.3, 0.4) is 0 Å². The van der Waals surface area contributed by atoms with Crippen molar-refractivity contribution < 1.29 is 14.0 Å².